The highest BCUT2D eigenvalue weighted by atomic mass is 35.5. The van der Waals surface area contributed by atoms with E-state index < -0.39 is 0 Å². The molecule has 0 aliphatic heterocycles. The summed E-state index contributed by atoms with van der Waals surface area (Å²) in [5.74, 6) is 1.00. The Labute approximate surface area is 106 Å². The molecule has 0 saturated carbocycles. The molecule has 0 aromatic carbocycles. The van der Waals surface area contributed by atoms with Crippen LogP contribution >= 0.6 is 23.4 Å². The second-order valence-electron chi connectivity index (χ2n) is 3.11. The van der Waals surface area contributed by atoms with Gasteiger partial charge < -0.3 is 10.1 Å². The first-order valence-electron chi connectivity index (χ1n) is 5.35. The van der Waals surface area contributed by atoms with Gasteiger partial charge in [0.15, 0.2) is 0 Å². The van der Waals surface area contributed by atoms with Gasteiger partial charge in [-0.2, -0.15) is 0 Å². The largest absolute Gasteiger partial charge is 0.380 e. The van der Waals surface area contributed by atoms with Crippen LogP contribution in [-0.2, 0) is 4.74 Å². The number of nitrogens with one attached hydrogen (secondary N) is 1. The van der Waals surface area contributed by atoms with Gasteiger partial charge in [-0.25, -0.2) is 4.98 Å². The average Bonchev–Trinajstić information content (AvgIpc) is 2.30. The quantitative estimate of drug-likeness (QED) is 0.575. The summed E-state index contributed by atoms with van der Waals surface area (Å²) in [6.07, 6.45) is 1.67. The van der Waals surface area contributed by atoms with Crippen molar-refractivity contribution in [3.8, 4) is 0 Å². The van der Waals surface area contributed by atoms with E-state index in [1.165, 1.54) is 0 Å². The maximum atomic E-state index is 5.75. The SMILES string of the molecule is CCOCCNCCSc1ccc(Cl)cn1. The van der Waals surface area contributed by atoms with Gasteiger partial charge in [0.25, 0.3) is 0 Å². The topological polar surface area (TPSA) is 34.1 Å². The Balaban J connectivity index is 2.01. The van der Waals surface area contributed by atoms with Gasteiger partial charge >= 0.3 is 0 Å². The molecule has 0 saturated heterocycles. The van der Waals surface area contributed by atoms with Crippen LogP contribution in [0.4, 0.5) is 0 Å². The molecule has 0 unspecified atom stereocenters. The van der Waals surface area contributed by atoms with Gasteiger partial charge in [0.05, 0.1) is 16.7 Å². The number of hydrogen-bond acceptors (Lipinski definition) is 4. The molecule has 0 aliphatic rings. The van der Waals surface area contributed by atoms with Gasteiger partial charge in [0, 0.05) is 31.6 Å². The van der Waals surface area contributed by atoms with Gasteiger partial charge in [-0.3, -0.25) is 0 Å². The molecule has 90 valence electrons. The maximum absolute atomic E-state index is 5.75. The van der Waals surface area contributed by atoms with Crippen LogP contribution in [0.3, 0.4) is 0 Å². The van der Waals surface area contributed by atoms with Crippen LogP contribution in [0.25, 0.3) is 0 Å². The van der Waals surface area contributed by atoms with E-state index in [0.717, 1.165) is 37.1 Å². The van der Waals surface area contributed by atoms with Crippen molar-refractivity contribution in [1.29, 1.82) is 0 Å². The summed E-state index contributed by atoms with van der Waals surface area (Å²) in [5, 5.41) is 4.99. The molecule has 0 aliphatic carbocycles. The average molecular weight is 261 g/mol. The molecular weight excluding hydrogens is 244 g/mol. The van der Waals surface area contributed by atoms with Crippen LogP contribution in [0.2, 0.25) is 5.02 Å². The van der Waals surface area contributed by atoms with Gasteiger partial charge in [0.1, 0.15) is 0 Å². The van der Waals surface area contributed by atoms with Crippen molar-refractivity contribution in [2.75, 3.05) is 32.1 Å². The fraction of sp³-hybridized carbons (Fsp3) is 0.545. The summed E-state index contributed by atoms with van der Waals surface area (Å²) < 4.78 is 5.22. The zero-order valence-electron chi connectivity index (χ0n) is 9.41. The van der Waals surface area contributed by atoms with Gasteiger partial charge in [0.2, 0.25) is 0 Å². The maximum Gasteiger partial charge on any atom is 0.0961 e. The Morgan fingerprint density at radius 3 is 3.00 bits per heavy atom. The summed E-state index contributed by atoms with van der Waals surface area (Å²) in [7, 11) is 0. The van der Waals surface area contributed by atoms with Crippen molar-refractivity contribution in [3.63, 3.8) is 0 Å². The van der Waals surface area contributed by atoms with Crippen molar-refractivity contribution in [3.05, 3.63) is 23.4 Å². The number of nitrogens with zero attached hydrogens (tertiary/aromatic N) is 1. The molecule has 1 heterocycles. The highest BCUT2D eigenvalue weighted by Crippen LogP contribution is 2.16. The third kappa shape index (κ3) is 6.33. The predicted molar refractivity (Wildman–Crippen MR) is 69.3 cm³/mol. The monoisotopic (exact) mass is 260 g/mol. The number of thioether (sulfide) groups is 1. The number of ether oxygens (including phenoxy) is 1. The van der Waals surface area contributed by atoms with Crippen molar-refractivity contribution in [2.45, 2.75) is 11.9 Å². The molecule has 0 atom stereocenters. The zero-order valence-corrected chi connectivity index (χ0v) is 11.0. The van der Waals surface area contributed by atoms with E-state index in [4.69, 9.17) is 16.3 Å². The normalized spacial score (nSPS) is 10.6. The van der Waals surface area contributed by atoms with Gasteiger partial charge in [-0.15, -0.1) is 11.8 Å². The summed E-state index contributed by atoms with van der Waals surface area (Å²) >= 11 is 7.47. The molecule has 0 fully saturated rings. The Hall–Kier alpha value is -0.290. The van der Waals surface area contributed by atoms with Crippen molar-refractivity contribution < 1.29 is 4.74 Å². The Kier molecular flexibility index (Phi) is 7.59. The fourth-order valence-electron chi connectivity index (χ4n) is 1.09. The highest BCUT2D eigenvalue weighted by Gasteiger charge is 1.95. The van der Waals surface area contributed by atoms with Crippen LogP contribution in [0, 0.1) is 0 Å². The van der Waals surface area contributed by atoms with Crippen LogP contribution in [-0.4, -0.2) is 37.0 Å². The molecule has 0 radical (unpaired) electrons. The first-order valence-corrected chi connectivity index (χ1v) is 6.72. The molecule has 1 N–H and O–H groups in total. The molecule has 0 bridgehead atoms. The third-order valence-corrected chi connectivity index (χ3v) is 3.03. The summed E-state index contributed by atoms with van der Waals surface area (Å²) in [5.41, 5.74) is 0. The molecule has 0 spiro atoms. The predicted octanol–water partition coefficient (Wildman–Crippen LogP) is 2.45. The highest BCUT2D eigenvalue weighted by molar-refractivity contribution is 7.99. The number of rotatable bonds is 8. The van der Waals surface area contributed by atoms with E-state index in [1.54, 1.807) is 18.0 Å². The number of aromatic nitrogens is 1. The molecule has 5 heteroatoms. The Morgan fingerprint density at radius 1 is 1.44 bits per heavy atom. The number of hydrogen-bond donors (Lipinski definition) is 1. The summed E-state index contributed by atoms with van der Waals surface area (Å²) in [6.45, 7) is 5.43. The van der Waals surface area contributed by atoms with Gasteiger partial charge in [-0.1, -0.05) is 11.6 Å². The van der Waals surface area contributed by atoms with Gasteiger partial charge in [-0.05, 0) is 19.1 Å². The smallest absolute Gasteiger partial charge is 0.0961 e. The van der Waals surface area contributed by atoms with Crippen LogP contribution in [0.1, 0.15) is 6.92 Å². The zero-order chi connectivity index (χ0) is 11.6. The number of pyridine rings is 1. The van der Waals surface area contributed by atoms with E-state index in [0.29, 0.717) is 5.02 Å². The first kappa shape index (κ1) is 13.8. The third-order valence-electron chi connectivity index (χ3n) is 1.86. The second kappa shape index (κ2) is 8.82. The van der Waals surface area contributed by atoms with Crippen molar-refractivity contribution >= 4 is 23.4 Å². The second-order valence-corrected chi connectivity index (χ2v) is 4.66. The Bertz CT molecular complexity index is 282. The standard InChI is InChI=1S/C11H17ClN2OS/c1-2-15-7-5-13-6-8-16-11-4-3-10(12)9-14-11/h3-4,9,13H,2,5-8H2,1H3. The molecule has 3 nitrogen and oxygen atoms in total. The molecule has 16 heavy (non-hydrogen) atoms. The van der Waals surface area contributed by atoms with Crippen molar-refractivity contribution in [2.24, 2.45) is 0 Å². The van der Waals surface area contributed by atoms with E-state index in [9.17, 15) is 0 Å². The fourth-order valence-corrected chi connectivity index (χ4v) is 1.95. The lowest BCUT2D eigenvalue weighted by atomic mass is 10.5. The Morgan fingerprint density at radius 2 is 2.31 bits per heavy atom. The van der Waals surface area contributed by atoms with Crippen LogP contribution < -0.4 is 5.32 Å². The lowest BCUT2D eigenvalue weighted by Gasteiger charge is -2.04. The van der Waals surface area contributed by atoms with E-state index in [2.05, 4.69) is 10.3 Å². The minimum absolute atomic E-state index is 0.680. The molecule has 1 aromatic rings. The van der Waals surface area contributed by atoms with Crippen LogP contribution in [0.15, 0.2) is 23.4 Å². The lowest BCUT2D eigenvalue weighted by molar-refractivity contribution is 0.150. The lowest BCUT2D eigenvalue weighted by Crippen LogP contribution is -2.22. The molecule has 1 aromatic heterocycles. The van der Waals surface area contributed by atoms with E-state index in [-0.39, 0.29) is 0 Å². The minimum atomic E-state index is 0.680. The van der Waals surface area contributed by atoms with Crippen LogP contribution in [0.5, 0.6) is 0 Å². The minimum Gasteiger partial charge on any atom is -0.380 e. The van der Waals surface area contributed by atoms with Crippen molar-refractivity contribution in [1.82, 2.24) is 10.3 Å². The van der Waals surface area contributed by atoms with E-state index >= 15 is 0 Å². The summed E-state index contributed by atoms with van der Waals surface area (Å²) in [4.78, 5) is 4.20. The summed E-state index contributed by atoms with van der Waals surface area (Å²) in [6, 6.07) is 3.80. The van der Waals surface area contributed by atoms with E-state index in [1.807, 2.05) is 19.1 Å². The molecule has 0 amide bonds. The molecule has 1 rings (SSSR count). The molecular formula is C11H17ClN2OS. The first-order chi connectivity index (χ1) is 7.83. The number of halogens is 1.